The van der Waals surface area contributed by atoms with E-state index in [1.54, 1.807) is 0 Å². The van der Waals surface area contributed by atoms with Crippen LogP contribution in [0.5, 0.6) is 0 Å². The van der Waals surface area contributed by atoms with Crippen LogP contribution in [0.4, 0.5) is 0 Å². The van der Waals surface area contributed by atoms with Crippen LogP contribution in [-0.4, -0.2) is 25.6 Å². The predicted molar refractivity (Wildman–Crippen MR) is 65.0 cm³/mol. The highest BCUT2D eigenvalue weighted by atomic mass is 16.5. The molecule has 0 fully saturated rings. The van der Waals surface area contributed by atoms with Gasteiger partial charge in [-0.15, -0.1) is 0 Å². The zero-order chi connectivity index (χ0) is 12.3. The van der Waals surface area contributed by atoms with Crippen LogP contribution in [0.15, 0.2) is 40.9 Å². The smallest absolute Gasteiger partial charge is 0.341 e. The van der Waals surface area contributed by atoms with Crippen molar-refractivity contribution in [3.8, 4) is 0 Å². The van der Waals surface area contributed by atoms with Crippen LogP contribution in [0.3, 0.4) is 0 Å². The molecule has 0 aliphatic carbocycles. The van der Waals surface area contributed by atoms with Gasteiger partial charge in [-0.3, -0.25) is 10.7 Å². The van der Waals surface area contributed by atoms with Gasteiger partial charge in [0, 0.05) is 6.21 Å². The van der Waals surface area contributed by atoms with E-state index in [9.17, 15) is 4.79 Å². The first-order chi connectivity index (χ1) is 8.22. The summed E-state index contributed by atoms with van der Waals surface area (Å²) in [5, 5.41) is 2.96. The van der Waals surface area contributed by atoms with Crippen LogP contribution in [-0.2, 0) is 9.53 Å². The highest BCUT2D eigenvalue weighted by Gasteiger charge is 2.20. The number of nitrogens with one attached hydrogen (secondary N) is 1. The van der Waals surface area contributed by atoms with Crippen LogP contribution >= 0.6 is 0 Å². The van der Waals surface area contributed by atoms with Crippen molar-refractivity contribution in [2.45, 2.75) is 6.29 Å². The van der Waals surface area contributed by atoms with Crippen LogP contribution in [0.1, 0.15) is 5.56 Å². The number of nitrogens with two attached hydrogens (primary N) is 1. The zero-order valence-electron chi connectivity index (χ0n) is 9.38. The number of rotatable bonds is 2. The molecule has 1 heterocycles. The number of methoxy groups -OCH3 is 1. The molecule has 1 aromatic rings. The number of hydrogen-bond donors (Lipinski definition) is 2. The summed E-state index contributed by atoms with van der Waals surface area (Å²) >= 11 is 0. The molecule has 0 saturated carbocycles. The predicted octanol–water partition coefficient (Wildman–Crippen LogP) is 0.487. The molecule has 1 aromatic carbocycles. The molecule has 17 heavy (non-hydrogen) atoms. The number of nitrogens with zero attached hydrogens (tertiary/aromatic N) is 1. The van der Waals surface area contributed by atoms with Crippen molar-refractivity contribution in [3.05, 3.63) is 41.5 Å². The van der Waals surface area contributed by atoms with E-state index < -0.39 is 12.3 Å². The molecule has 3 N–H and O–H groups in total. The fraction of sp³-hybridized carbons (Fsp3) is 0.167. The minimum atomic E-state index is -0.543. The highest BCUT2D eigenvalue weighted by molar-refractivity contribution is 6.16. The lowest BCUT2D eigenvalue weighted by Crippen LogP contribution is -2.38. The van der Waals surface area contributed by atoms with Crippen LogP contribution in [0, 0.1) is 0 Å². The fourth-order valence-corrected chi connectivity index (χ4v) is 1.59. The maximum absolute atomic E-state index is 11.6. The van der Waals surface area contributed by atoms with Crippen molar-refractivity contribution in [3.63, 3.8) is 0 Å². The average molecular weight is 231 g/mol. The molecule has 0 amide bonds. The lowest BCUT2D eigenvalue weighted by molar-refractivity contribution is -0.135. The molecule has 0 aromatic heterocycles. The van der Waals surface area contributed by atoms with Crippen molar-refractivity contribution in [2.75, 3.05) is 7.11 Å². The van der Waals surface area contributed by atoms with E-state index in [0.29, 0.717) is 11.3 Å². The van der Waals surface area contributed by atoms with Crippen molar-refractivity contribution in [1.29, 1.82) is 0 Å². The van der Waals surface area contributed by atoms with Gasteiger partial charge in [0.05, 0.1) is 12.8 Å². The van der Waals surface area contributed by atoms with Crippen LogP contribution in [0.2, 0.25) is 0 Å². The van der Waals surface area contributed by atoms with E-state index in [0.717, 1.165) is 5.56 Å². The average Bonchev–Trinajstić information content (AvgIpc) is 2.39. The molecule has 0 spiro atoms. The minimum absolute atomic E-state index is 0.375. The Bertz CT molecular complexity index is 480. The van der Waals surface area contributed by atoms with Gasteiger partial charge in [-0.2, -0.15) is 0 Å². The van der Waals surface area contributed by atoms with E-state index in [1.165, 1.54) is 13.3 Å². The summed E-state index contributed by atoms with van der Waals surface area (Å²) in [6.07, 6.45) is 0.897. The molecule has 2 rings (SSSR count). The van der Waals surface area contributed by atoms with Gasteiger partial charge in [0.1, 0.15) is 5.57 Å². The van der Waals surface area contributed by atoms with Gasteiger partial charge in [-0.1, -0.05) is 30.3 Å². The Labute approximate surface area is 99.0 Å². The largest absolute Gasteiger partial charge is 0.465 e. The molecule has 0 unspecified atom stereocenters. The number of benzene rings is 1. The molecule has 0 bridgehead atoms. The topological polar surface area (TPSA) is 76.7 Å². The van der Waals surface area contributed by atoms with Crippen molar-refractivity contribution < 1.29 is 9.53 Å². The second-order valence-corrected chi connectivity index (χ2v) is 3.51. The second kappa shape index (κ2) is 4.80. The Morgan fingerprint density at radius 2 is 2.12 bits per heavy atom. The number of carbonyl (C=O) groups is 1. The third kappa shape index (κ3) is 2.34. The van der Waals surface area contributed by atoms with Crippen LogP contribution < -0.4 is 11.1 Å². The number of carbonyl (C=O) groups excluding carboxylic acids is 1. The van der Waals surface area contributed by atoms with E-state index in [4.69, 9.17) is 10.5 Å². The Morgan fingerprint density at radius 1 is 1.41 bits per heavy atom. The molecular formula is C12H13N3O2. The van der Waals surface area contributed by atoms with Gasteiger partial charge < -0.3 is 10.1 Å². The normalized spacial score (nSPS) is 18.8. The Morgan fingerprint density at radius 3 is 2.76 bits per heavy atom. The van der Waals surface area contributed by atoms with Gasteiger partial charge in [0.15, 0.2) is 6.29 Å². The second-order valence-electron chi connectivity index (χ2n) is 3.51. The Balaban J connectivity index is 2.47. The maximum Gasteiger partial charge on any atom is 0.341 e. The SMILES string of the molecule is COC(=O)C1=C(c2ccccc2)N[C@H](N)N=C1. The molecular weight excluding hydrogens is 218 g/mol. The third-order valence-corrected chi connectivity index (χ3v) is 2.39. The number of ether oxygens (including phenoxy) is 1. The molecule has 5 nitrogen and oxygen atoms in total. The number of aliphatic imine (C=N–C) groups is 1. The first kappa shape index (κ1) is 11.3. The van der Waals surface area contributed by atoms with Gasteiger partial charge in [-0.25, -0.2) is 4.79 Å². The molecule has 0 radical (unpaired) electrons. The minimum Gasteiger partial charge on any atom is -0.465 e. The van der Waals surface area contributed by atoms with E-state index in [1.807, 2.05) is 30.3 Å². The summed E-state index contributed by atoms with van der Waals surface area (Å²) in [5.41, 5.74) is 7.56. The summed E-state index contributed by atoms with van der Waals surface area (Å²) in [4.78, 5) is 15.5. The Hall–Kier alpha value is -2.14. The first-order valence-electron chi connectivity index (χ1n) is 5.15. The van der Waals surface area contributed by atoms with Crippen LogP contribution in [0.25, 0.3) is 5.70 Å². The van der Waals surface area contributed by atoms with Crippen molar-refractivity contribution in [1.82, 2.24) is 5.32 Å². The standard InChI is InChI=1S/C12H13N3O2/c1-17-11(16)9-7-14-12(13)15-10(9)8-5-3-2-4-6-8/h2-7,12,15H,13H2,1H3/t12-/m1/s1. The molecule has 88 valence electrons. The molecule has 1 atom stereocenters. The van der Waals surface area contributed by atoms with E-state index in [-0.39, 0.29) is 0 Å². The van der Waals surface area contributed by atoms with Gasteiger partial charge in [0.2, 0.25) is 0 Å². The summed E-state index contributed by atoms with van der Waals surface area (Å²) in [5.74, 6) is -0.438. The molecule has 0 saturated heterocycles. The van der Waals surface area contributed by atoms with Gasteiger partial charge in [0.25, 0.3) is 0 Å². The summed E-state index contributed by atoms with van der Waals surface area (Å²) in [6, 6.07) is 9.44. The number of hydrogen-bond acceptors (Lipinski definition) is 5. The fourth-order valence-electron chi connectivity index (χ4n) is 1.59. The zero-order valence-corrected chi connectivity index (χ0v) is 9.38. The van der Waals surface area contributed by atoms with E-state index >= 15 is 0 Å². The maximum atomic E-state index is 11.6. The molecule has 1 aliphatic heterocycles. The van der Waals surface area contributed by atoms with Crippen molar-refractivity contribution in [2.24, 2.45) is 10.7 Å². The summed E-state index contributed by atoms with van der Waals surface area (Å²) in [6.45, 7) is 0. The quantitative estimate of drug-likeness (QED) is 0.726. The monoisotopic (exact) mass is 231 g/mol. The summed E-state index contributed by atoms with van der Waals surface area (Å²) < 4.78 is 4.71. The van der Waals surface area contributed by atoms with Gasteiger partial charge in [-0.05, 0) is 5.56 Å². The lowest BCUT2D eigenvalue weighted by atomic mass is 10.1. The molecule has 1 aliphatic rings. The first-order valence-corrected chi connectivity index (χ1v) is 5.15. The number of esters is 1. The highest BCUT2D eigenvalue weighted by Crippen LogP contribution is 2.18. The van der Waals surface area contributed by atoms with Crippen molar-refractivity contribution >= 4 is 17.9 Å². The van der Waals surface area contributed by atoms with Gasteiger partial charge >= 0.3 is 5.97 Å². The third-order valence-electron chi connectivity index (χ3n) is 2.39. The summed E-state index contributed by atoms with van der Waals surface area (Å²) in [7, 11) is 1.33. The Kier molecular flexibility index (Phi) is 3.20. The van der Waals surface area contributed by atoms with E-state index in [2.05, 4.69) is 10.3 Å². The lowest BCUT2D eigenvalue weighted by Gasteiger charge is -2.21. The molecule has 5 heteroatoms.